The number of nitrogens with two attached hydrogens (primary N) is 1. The van der Waals surface area contributed by atoms with Gasteiger partial charge < -0.3 is 15.0 Å². The monoisotopic (exact) mass is 387 g/mol. The molecule has 4 aromatic rings. The molecule has 2 N–H and O–H groups in total. The van der Waals surface area contributed by atoms with E-state index in [1.807, 2.05) is 91.2 Å². The predicted octanol–water partition coefficient (Wildman–Crippen LogP) is 5.69. The standard InChI is InChI=1S/C22H19N3O2.C2H6/c1-15(26)17-7-5-6-16(12-17)14-25-21-13-19(10-11-20(21)24-22(25)23)27-18-8-3-2-4-9-18;1-2/h2-13H,14H2,1H3,(H2,23,24);1-2H3. The largest absolute Gasteiger partial charge is 0.457 e. The molecule has 3 aromatic carbocycles. The summed E-state index contributed by atoms with van der Waals surface area (Å²) in [6, 6.07) is 22.9. The van der Waals surface area contributed by atoms with Crippen molar-refractivity contribution < 1.29 is 9.53 Å². The second-order valence-corrected chi connectivity index (χ2v) is 6.38. The van der Waals surface area contributed by atoms with Gasteiger partial charge in [-0.3, -0.25) is 4.79 Å². The van der Waals surface area contributed by atoms with Crippen molar-refractivity contribution in [2.45, 2.75) is 27.3 Å². The fourth-order valence-corrected chi connectivity index (χ4v) is 3.05. The summed E-state index contributed by atoms with van der Waals surface area (Å²) in [5.74, 6) is 1.95. The molecule has 0 aliphatic heterocycles. The molecule has 0 atom stereocenters. The predicted molar refractivity (Wildman–Crippen MR) is 118 cm³/mol. The molecule has 148 valence electrons. The van der Waals surface area contributed by atoms with Crippen LogP contribution in [0.25, 0.3) is 11.0 Å². The van der Waals surface area contributed by atoms with Crippen LogP contribution in [0.15, 0.2) is 72.8 Å². The first kappa shape index (κ1) is 20.1. The third-order valence-electron chi connectivity index (χ3n) is 4.40. The maximum Gasteiger partial charge on any atom is 0.201 e. The zero-order chi connectivity index (χ0) is 20.8. The number of anilines is 1. The average Bonchev–Trinajstić information content (AvgIpc) is 3.05. The van der Waals surface area contributed by atoms with Crippen LogP contribution in [-0.4, -0.2) is 15.3 Å². The van der Waals surface area contributed by atoms with Gasteiger partial charge in [0.2, 0.25) is 5.95 Å². The summed E-state index contributed by atoms with van der Waals surface area (Å²) in [5.41, 5.74) is 9.50. The lowest BCUT2D eigenvalue weighted by atomic mass is 10.1. The van der Waals surface area contributed by atoms with E-state index in [1.165, 1.54) is 0 Å². The van der Waals surface area contributed by atoms with Crippen LogP contribution in [0.4, 0.5) is 5.95 Å². The summed E-state index contributed by atoms with van der Waals surface area (Å²) >= 11 is 0. The number of hydrogen-bond donors (Lipinski definition) is 1. The van der Waals surface area contributed by atoms with Crippen molar-refractivity contribution in [2.24, 2.45) is 0 Å². The van der Waals surface area contributed by atoms with Gasteiger partial charge >= 0.3 is 0 Å². The summed E-state index contributed by atoms with van der Waals surface area (Å²) in [7, 11) is 0. The van der Waals surface area contributed by atoms with Gasteiger partial charge in [0, 0.05) is 11.6 Å². The molecule has 0 spiro atoms. The molecule has 0 unspecified atom stereocenters. The Morgan fingerprint density at radius 3 is 2.45 bits per heavy atom. The molecule has 0 radical (unpaired) electrons. The van der Waals surface area contributed by atoms with Gasteiger partial charge in [0.15, 0.2) is 5.78 Å². The minimum absolute atomic E-state index is 0.0406. The highest BCUT2D eigenvalue weighted by atomic mass is 16.5. The molecule has 1 aromatic heterocycles. The number of ether oxygens (including phenoxy) is 1. The van der Waals surface area contributed by atoms with Gasteiger partial charge in [-0.05, 0) is 42.8 Å². The Balaban J connectivity index is 0.00000117. The first-order valence-corrected chi connectivity index (χ1v) is 9.69. The van der Waals surface area contributed by atoms with E-state index in [1.54, 1.807) is 6.92 Å². The van der Waals surface area contributed by atoms with Crippen LogP contribution in [0, 0.1) is 0 Å². The van der Waals surface area contributed by atoms with Crippen molar-refractivity contribution in [1.82, 2.24) is 9.55 Å². The van der Waals surface area contributed by atoms with Crippen molar-refractivity contribution >= 4 is 22.8 Å². The number of fused-ring (bicyclic) bond motifs is 1. The van der Waals surface area contributed by atoms with Gasteiger partial charge in [-0.15, -0.1) is 0 Å². The fraction of sp³-hybridized carbons (Fsp3) is 0.167. The van der Waals surface area contributed by atoms with Crippen molar-refractivity contribution in [3.05, 3.63) is 83.9 Å². The Morgan fingerprint density at radius 2 is 1.72 bits per heavy atom. The van der Waals surface area contributed by atoms with E-state index >= 15 is 0 Å². The molecule has 1 heterocycles. The normalized spacial score (nSPS) is 10.3. The summed E-state index contributed by atoms with van der Waals surface area (Å²) in [4.78, 5) is 16.1. The molecular formula is C24H25N3O2. The first-order valence-electron chi connectivity index (χ1n) is 9.69. The zero-order valence-corrected chi connectivity index (χ0v) is 16.9. The quantitative estimate of drug-likeness (QED) is 0.447. The Hall–Kier alpha value is -3.60. The second-order valence-electron chi connectivity index (χ2n) is 6.38. The summed E-state index contributed by atoms with van der Waals surface area (Å²) in [6.45, 7) is 6.09. The zero-order valence-electron chi connectivity index (χ0n) is 16.9. The highest BCUT2D eigenvalue weighted by molar-refractivity contribution is 5.94. The minimum Gasteiger partial charge on any atom is -0.457 e. The number of nitrogens with zero attached hydrogens (tertiary/aromatic N) is 2. The smallest absolute Gasteiger partial charge is 0.201 e. The van der Waals surface area contributed by atoms with Crippen molar-refractivity contribution in [3.63, 3.8) is 0 Å². The van der Waals surface area contributed by atoms with Crippen LogP contribution in [0.3, 0.4) is 0 Å². The van der Waals surface area contributed by atoms with Crippen LogP contribution >= 0.6 is 0 Å². The molecule has 0 aliphatic carbocycles. The van der Waals surface area contributed by atoms with E-state index in [9.17, 15) is 4.79 Å². The van der Waals surface area contributed by atoms with E-state index in [0.717, 1.165) is 22.3 Å². The number of nitrogen functional groups attached to an aromatic ring is 1. The lowest BCUT2D eigenvalue weighted by Crippen LogP contribution is -2.05. The number of ketones is 1. The van der Waals surface area contributed by atoms with Crippen molar-refractivity contribution in [1.29, 1.82) is 0 Å². The van der Waals surface area contributed by atoms with E-state index < -0.39 is 0 Å². The van der Waals surface area contributed by atoms with Crippen LogP contribution in [0.5, 0.6) is 11.5 Å². The third-order valence-corrected chi connectivity index (χ3v) is 4.40. The molecule has 0 saturated heterocycles. The Bertz CT molecular complexity index is 1120. The highest BCUT2D eigenvalue weighted by Gasteiger charge is 2.11. The molecule has 29 heavy (non-hydrogen) atoms. The topological polar surface area (TPSA) is 70.1 Å². The second kappa shape index (κ2) is 9.06. The summed E-state index contributed by atoms with van der Waals surface area (Å²) in [5, 5.41) is 0. The maximum absolute atomic E-state index is 11.6. The van der Waals surface area contributed by atoms with E-state index in [2.05, 4.69) is 4.98 Å². The molecule has 0 fully saturated rings. The minimum atomic E-state index is 0.0406. The number of imidazole rings is 1. The van der Waals surface area contributed by atoms with Gasteiger partial charge in [0.25, 0.3) is 0 Å². The van der Waals surface area contributed by atoms with Crippen LogP contribution in [0.2, 0.25) is 0 Å². The molecule has 5 nitrogen and oxygen atoms in total. The number of rotatable bonds is 5. The maximum atomic E-state index is 11.6. The van der Waals surface area contributed by atoms with Gasteiger partial charge in [0.05, 0.1) is 17.6 Å². The molecule has 5 heteroatoms. The summed E-state index contributed by atoms with van der Waals surface area (Å²) < 4.78 is 7.85. The van der Waals surface area contributed by atoms with E-state index in [0.29, 0.717) is 23.8 Å². The lowest BCUT2D eigenvalue weighted by Gasteiger charge is -2.09. The van der Waals surface area contributed by atoms with Crippen LogP contribution in [0.1, 0.15) is 36.7 Å². The Morgan fingerprint density at radius 1 is 0.966 bits per heavy atom. The van der Waals surface area contributed by atoms with Gasteiger partial charge in [0.1, 0.15) is 11.5 Å². The van der Waals surface area contributed by atoms with Gasteiger partial charge in [-0.2, -0.15) is 0 Å². The fourth-order valence-electron chi connectivity index (χ4n) is 3.05. The Kier molecular flexibility index (Phi) is 6.29. The van der Waals surface area contributed by atoms with Gasteiger partial charge in [-0.25, -0.2) is 4.98 Å². The number of Topliss-reactive ketones (excluding diaryl/α,β-unsaturated/α-hetero) is 1. The molecular weight excluding hydrogens is 362 g/mol. The number of carbonyl (C=O) groups is 1. The van der Waals surface area contributed by atoms with E-state index in [4.69, 9.17) is 10.5 Å². The molecule has 0 aliphatic rings. The summed E-state index contributed by atoms with van der Waals surface area (Å²) in [6.07, 6.45) is 0. The van der Waals surface area contributed by atoms with Crippen LogP contribution < -0.4 is 10.5 Å². The number of hydrogen-bond acceptors (Lipinski definition) is 4. The van der Waals surface area contributed by atoms with Crippen molar-refractivity contribution in [2.75, 3.05) is 5.73 Å². The highest BCUT2D eigenvalue weighted by Crippen LogP contribution is 2.27. The lowest BCUT2D eigenvalue weighted by molar-refractivity contribution is 0.101. The van der Waals surface area contributed by atoms with Crippen LogP contribution in [-0.2, 0) is 6.54 Å². The number of carbonyl (C=O) groups excluding carboxylic acids is 1. The average molecular weight is 387 g/mol. The molecule has 0 saturated carbocycles. The molecule has 4 rings (SSSR count). The molecule has 0 amide bonds. The first-order chi connectivity index (χ1) is 14.1. The van der Waals surface area contributed by atoms with Crippen molar-refractivity contribution in [3.8, 4) is 11.5 Å². The SMILES string of the molecule is CC.CC(=O)c1cccc(Cn2c(N)nc3ccc(Oc4ccccc4)cc32)c1. The number of aromatic nitrogens is 2. The Labute approximate surface area is 170 Å². The third kappa shape index (κ3) is 4.63. The van der Waals surface area contributed by atoms with Gasteiger partial charge in [-0.1, -0.05) is 50.2 Å². The number of benzene rings is 3. The van der Waals surface area contributed by atoms with E-state index in [-0.39, 0.29) is 5.78 Å². The molecule has 0 bridgehead atoms. The number of para-hydroxylation sites is 1.